The van der Waals surface area contributed by atoms with E-state index in [1.165, 1.54) is 0 Å². The van der Waals surface area contributed by atoms with E-state index in [1.807, 2.05) is 13.8 Å². The SMILES string of the molecule is CCOC(=O)CCCNC1CCCC(C(=O)OCC)C1. The monoisotopic (exact) mass is 285 g/mol. The van der Waals surface area contributed by atoms with E-state index in [0.717, 1.165) is 38.6 Å². The highest BCUT2D eigenvalue weighted by Crippen LogP contribution is 2.25. The molecule has 1 fully saturated rings. The van der Waals surface area contributed by atoms with Crippen LogP contribution in [0.25, 0.3) is 0 Å². The van der Waals surface area contributed by atoms with Crippen LogP contribution in [0.3, 0.4) is 0 Å². The van der Waals surface area contributed by atoms with E-state index in [1.54, 1.807) is 0 Å². The van der Waals surface area contributed by atoms with Gasteiger partial charge in [0.15, 0.2) is 0 Å². The predicted octanol–water partition coefficient (Wildman–Crippen LogP) is 2.04. The first-order valence-electron chi connectivity index (χ1n) is 7.73. The molecular formula is C15H27NO4. The fourth-order valence-electron chi connectivity index (χ4n) is 2.62. The standard InChI is InChI=1S/C15H27NO4/c1-3-19-14(17)9-6-10-16-13-8-5-7-12(11-13)15(18)20-4-2/h12-13,16H,3-11H2,1-2H3. The van der Waals surface area contributed by atoms with Gasteiger partial charge in [-0.2, -0.15) is 0 Å². The summed E-state index contributed by atoms with van der Waals surface area (Å²) in [6.07, 6.45) is 5.15. The van der Waals surface area contributed by atoms with Crippen molar-refractivity contribution in [1.82, 2.24) is 5.32 Å². The molecule has 1 N–H and O–H groups in total. The van der Waals surface area contributed by atoms with Gasteiger partial charge < -0.3 is 14.8 Å². The highest BCUT2D eigenvalue weighted by Gasteiger charge is 2.27. The van der Waals surface area contributed by atoms with Crippen LogP contribution in [0.1, 0.15) is 52.4 Å². The summed E-state index contributed by atoms with van der Waals surface area (Å²) < 4.78 is 9.97. The van der Waals surface area contributed by atoms with Crippen molar-refractivity contribution in [2.45, 2.75) is 58.4 Å². The van der Waals surface area contributed by atoms with Crippen molar-refractivity contribution in [3.05, 3.63) is 0 Å². The smallest absolute Gasteiger partial charge is 0.308 e. The van der Waals surface area contributed by atoms with E-state index in [4.69, 9.17) is 9.47 Å². The van der Waals surface area contributed by atoms with Gasteiger partial charge in [0.25, 0.3) is 0 Å². The first kappa shape index (κ1) is 17.0. The van der Waals surface area contributed by atoms with E-state index in [0.29, 0.717) is 25.7 Å². The summed E-state index contributed by atoms with van der Waals surface area (Å²) in [6.45, 7) is 5.33. The van der Waals surface area contributed by atoms with Crippen molar-refractivity contribution in [1.29, 1.82) is 0 Å². The Bertz CT molecular complexity index is 306. The molecule has 1 aliphatic carbocycles. The first-order chi connectivity index (χ1) is 9.67. The molecule has 0 radical (unpaired) electrons. The molecule has 0 amide bonds. The summed E-state index contributed by atoms with van der Waals surface area (Å²) in [6, 6.07) is 0.361. The largest absolute Gasteiger partial charge is 0.466 e. The quantitative estimate of drug-likeness (QED) is 0.546. The Morgan fingerprint density at radius 3 is 2.60 bits per heavy atom. The second kappa shape index (κ2) is 9.75. The summed E-state index contributed by atoms with van der Waals surface area (Å²) in [5.41, 5.74) is 0. The maximum atomic E-state index is 11.7. The third-order valence-corrected chi connectivity index (χ3v) is 3.59. The number of rotatable bonds is 8. The summed E-state index contributed by atoms with van der Waals surface area (Å²) in [4.78, 5) is 22.9. The minimum Gasteiger partial charge on any atom is -0.466 e. The van der Waals surface area contributed by atoms with Crippen LogP contribution in [0.5, 0.6) is 0 Å². The molecule has 1 rings (SSSR count). The summed E-state index contributed by atoms with van der Waals surface area (Å²) in [7, 11) is 0. The fraction of sp³-hybridized carbons (Fsp3) is 0.867. The third-order valence-electron chi connectivity index (χ3n) is 3.59. The summed E-state index contributed by atoms with van der Waals surface area (Å²) >= 11 is 0. The van der Waals surface area contributed by atoms with Crippen molar-refractivity contribution >= 4 is 11.9 Å². The second-order valence-electron chi connectivity index (χ2n) is 5.18. The Kier molecular flexibility index (Phi) is 8.26. The minimum atomic E-state index is -0.137. The Labute approximate surface area is 121 Å². The number of hydrogen-bond acceptors (Lipinski definition) is 5. The highest BCUT2D eigenvalue weighted by atomic mass is 16.5. The van der Waals surface area contributed by atoms with Crippen LogP contribution in [0.2, 0.25) is 0 Å². The van der Waals surface area contributed by atoms with Gasteiger partial charge >= 0.3 is 11.9 Å². The number of carbonyl (C=O) groups is 2. The molecule has 0 bridgehead atoms. The zero-order valence-electron chi connectivity index (χ0n) is 12.7. The van der Waals surface area contributed by atoms with E-state index >= 15 is 0 Å². The molecule has 20 heavy (non-hydrogen) atoms. The van der Waals surface area contributed by atoms with Gasteiger partial charge in [-0.3, -0.25) is 9.59 Å². The van der Waals surface area contributed by atoms with Crippen molar-refractivity contribution in [3.63, 3.8) is 0 Å². The van der Waals surface area contributed by atoms with Crippen LogP contribution in [-0.2, 0) is 19.1 Å². The molecule has 5 heteroatoms. The number of carbonyl (C=O) groups excluding carboxylic acids is 2. The molecule has 1 saturated carbocycles. The van der Waals surface area contributed by atoms with Gasteiger partial charge in [-0.05, 0) is 46.1 Å². The molecule has 0 aromatic carbocycles. The maximum Gasteiger partial charge on any atom is 0.308 e. The average Bonchev–Trinajstić information content (AvgIpc) is 2.44. The van der Waals surface area contributed by atoms with Gasteiger partial charge in [0.05, 0.1) is 19.1 Å². The molecule has 1 aliphatic rings. The predicted molar refractivity (Wildman–Crippen MR) is 76.2 cm³/mol. The van der Waals surface area contributed by atoms with Crippen LogP contribution in [0.15, 0.2) is 0 Å². The van der Waals surface area contributed by atoms with Gasteiger partial charge in [0.1, 0.15) is 0 Å². The van der Waals surface area contributed by atoms with E-state index in [9.17, 15) is 9.59 Å². The van der Waals surface area contributed by atoms with Crippen LogP contribution in [-0.4, -0.2) is 37.7 Å². The lowest BCUT2D eigenvalue weighted by atomic mass is 9.85. The topological polar surface area (TPSA) is 64.6 Å². The zero-order chi connectivity index (χ0) is 14.8. The number of esters is 2. The Morgan fingerprint density at radius 2 is 1.90 bits per heavy atom. The van der Waals surface area contributed by atoms with Crippen molar-refractivity contribution in [3.8, 4) is 0 Å². The average molecular weight is 285 g/mol. The molecule has 2 unspecified atom stereocenters. The first-order valence-corrected chi connectivity index (χ1v) is 7.73. The van der Waals surface area contributed by atoms with Crippen molar-refractivity contribution in [2.24, 2.45) is 5.92 Å². The van der Waals surface area contributed by atoms with E-state index < -0.39 is 0 Å². The van der Waals surface area contributed by atoms with Crippen molar-refractivity contribution < 1.29 is 19.1 Å². The fourth-order valence-corrected chi connectivity index (χ4v) is 2.62. The number of hydrogen-bond donors (Lipinski definition) is 1. The van der Waals surface area contributed by atoms with Gasteiger partial charge in [-0.15, -0.1) is 0 Å². The number of ether oxygens (including phenoxy) is 2. The zero-order valence-corrected chi connectivity index (χ0v) is 12.7. The van der Waals surface area contributed by atoms with Crippen molar-refractivity contribution in [2.75, 3.05) is 19.8 Å². The molecule has 0 aromatic heterocycles. The van der Waals surface area contributed by atoms with Crippen LogP contribution in [0, 0.1) is 5.92 Å². The van der Waals surface area contributed by atoms with Gasteiger partial charge in [-0.1, -0.05) is 6.42 Å². The van der Waals surface area contributed by atoms with Gasteiger partial charge in [0.2, 0.25) is 0 Å². The molecule has 2 atom stereocenters. The molecule has 0 aliphatic heterocycles. The molecule has 5 nitrogen and oxygen atoms in total. The van der Waals surface area contributed by atoms with Crippen LogP contribution in [0.4, 0.5) is 0 Å². The molecule has 0 saturated heterocycles. The molecule has 0 aromatic rings. The molecule has 116 valence electrons. The van der Waals surface area contributed by atoms with Crippen LogP contribution < -0.4 is 5.32 Å². The van der Waals surface area contributed by atoms with E-state index in [-0.39, 0.29) is 17.9 Å². The lowest BCUT2D eigenvalue weighted by Crippen LogP contribution is -2.37. The highest BCUT2D eigenvalue weighted by molar-refractivity contribution is 5.72. The lowest BCUT2D eigenvalue weighted by Gasteiger charge is -2.28. The maximum absolute atomic E-state index is 11.7. The second-order valence-corrected chi connectivity index (χ2v) is 5.18. The molecular weight excluding hydrogens is 258 g/mol. The third kappa shape index (κ3) is 6.37. The normalized spacial score (nSPS) is 22.3. The Morgan fingerprint density at radius 1 is 1.15 bits per heavy atom. The Balaban J connectivity index is 2.17. The summed E-state index contributed by atoms with van der Waals surface area (Å²) in [5.74, 6) is -0.167. The van der Waals surface area contributed by atoms with Gasteiger partial charge in [0, 0.05) is 12.5 Å². The molecule has 0 heterocycles. The van der Waals surface area contributed by atoms with E-state index in [2.05, 4.69) is 5.32 Å². The Hall–Kier alpha value is -1.10. The summed E-state index contributed by atoms with van der Waals surface area (Å²) in [5, 5.41) is 3.43. The van der Waals surface area contributed by atoms with Gasteiger partial charge in [-0.25, -0.2) is 0 Å². The number of nitrogens with one attached hydrogen (secondary N) is 1. The lowest BCUT2D eigenvalue weighted by molar-refractivity contribution is -0.149. The van der Waals surface area contributed by atoms with Crippen LogP contribution >= 0.6 is 0 Å². The minimum absolute atomic E-state index is 0.0336. The molecule has 0 spiro atoms.